The molecule has 0 spiro atoms. The van der Waals surface area contributed by atoms with Gasteiger partial charge in [0.1, 0.15) is 11.5 Å². The molecule has 1 atom stereocenters. The van der Waals surface area contributed by atoms with E-state index < -0.39 is 12.2 Å². The molecule has 0 aliphatic heterocycles. The molecule has 0 aliphatic carbocycles. The number of aromatic nitrogens is 2. The summed E-state index contributed by atoms with van der Waals surface area (Å²) >= 11 is 0. The Labute approximate surface area is 134 Å². The van der Waals surface area contributed by atoms with Crippen LogP contribution in [0.25, 0.3) is 11.3 Å². The van der Waals surface area contributed by atoms with Crippen LogP contribution in [0.1, 0.15) is 39.8 Å². The zero-order chi connectivity index (χ0) is 17.2. The lowest BCUT2D eigenvalue weighted by Gasteiger charge is -2.28. The lowest BCUT2D eigenvalue weighted by molar-refractivity contribution is 0.146. The van der Waals surface area contributed by atoms with Gasteiger partial charge in [-0.15, -0.1) is 0 Å². The summed E-state index contributed by atoms with van der Waals surface area (Å²) in [6.07, 6.45) is -2.71. The van der Waals surface area contributed by atoms with Gasteiger partial charge in [-0.3, -0.25) is 0 Å². The first kappa shape index (κ1) is 17.2. The average molecular weight is 323 g/mol. The SMILES string of the molecule is C[C@@H](Nc1nc(-c2ccc(F)cc2)cc(C(F)F)n1)C(C)(C)C. The number of alkyl halides is 2. The number of hydrogen-bond acceptors (Lipinski definition) is 3. The highest BCUT2D eigenvalue weighted by atomic mass is 19.3. The Morgan fingerprint density at radius 2 is 1.65 bits per heavy atom. The number of rotatable bonds is 4. The van der Waals surface area contributed by atoms with Crippen molar-refractivity contribution in [3.8, 4) is 11.3 Å². The van der Waals surface area contributed by atoms with Crippen molar-refractivity contribution in [1.82, 2.24) is 9.97 Å². The van der Waals surface area contributed by atoms with Gasteiger partial charge in [0.25, 0.3) is 6.43 Å². The summed E-state index contributed by atoms with van der Waals surface area (Å²) in [5.74, 6) is -0.249. The molecule has 6 heteroatoms. The van der Waals surface area contributed by atoms with Crippen LogP contribution in [0, 0.1) is 11.2 Å². The van der Waals surface area contributed by atoms with Crippen LogP contribution in [-0.2, 0) is 0 Å². The first-order valence-corrected chi connectivity index (χ1v) is 7.36. The van der Waals surface area contributed by atoms with E-state index in [0.717, 1.165) is 0 Å². The first-order valence-electron chi connectivity index (χ1n) is 7.36. The van der Waals surface area contributed by atoms with Crippen LogP contribution in [0.4, 0.5) is 19.1 Å². The van der Waals surface area contributed by atoms with Crippen molar-refractivity contribution >= 4 is 5.95 Å². The maximum atomic E-state index is 13.1. The van der Waals surface area contributed by atoms with Gasteiger partial charge < -0.3 is 5.32 Å². The minimum atomic E-state index is -2.71. The van der Waals surface area contributed by atoms with Crippen LogP contribution in [0.2, 0.25) is 0 Å². The predicted octanol–water partition coefficient (Wildman–Crippen LogP) is 5.07. The Hall–Kier alpha value is -2.11. The van der Waals surface area contributed by atoms with Gasteiger partial charge in [0, 0.05) is 11.6 Å². The third kappa shape index (κ3) is 4.43. The molecule has 0 saturated carbocycles. The molecule has 0 amide bonds. The van der Waals surface area contributed by atoms with Gasteiger partial charge in [-0.25, -0.2) is 23.1 Å². The number of nitrogens with zero attached hydrogens (tertiary/aromatic N) is 2. The molecule has 0 bridgehead atoms. The van der Waals surface area contributed by atoms with E-state index in [2.05, 4.69) is 15.3 Å². The normalized spacial score (nSPS) is 13.2. The molecule has 0 saturated heterocycles. The molecule has 0 unspecified atom stereocenters. The molecule has 1 heterocycles. The van der Waals surface area contributed by atoms with Gasteiger partial charge in [-0.2, -0.15) is 0 Å². The van der Waals surface area contributed by atoms with E-state index in [0.29, 0.717) is 11.3 Å². The molecule has 1 N–H and O–H groups in total. The second-order valence-electron chi connectivity index (χ2n) is 6.54. The van der Waals surface area contributed by atoms with Crippen molar-refractivity contribution in [2.24, 2.45) is 5.41 Å². The fourth-order valence-electron chi connectivity index (χ4n) is 1.82. The Morgan fingerprint density at radius 1 is 1.04 bits per heavy atom. The molecule has 0 fully saturated rings. The van der Waals surface area contributed by atoms with Crippen molar-refractivity contribution in [3.05, 3.63) is 41.8 Å². The fourth-order valence-corrected chi connectivity index (χ4v) is 1.82. The van der Waals surface area contributed by atoms with E-state index in [1.807, 2.05) is 27.7 Å². The van der Waals surface area contributed by atoms with Crippen molar-refractivity contribution in [3.63, 3.8) is 0 Å². The van der Waals surface area contributed by atoms with E-state index in [9.17, 15) is 13.2 Å². The van der Waals surface area contributed by atoms with E-state index in [4.69, 9.17) is 0 Å². The maximum absolute atomic E-state index is 13.1. The quantitative estimate of drug-likeness (QED) is 0.854. The molecule has 2 rings (SSSR count). The molecule has 0 aliphatic rings. The van der Waals surface area contributed by atoms with Crippen LogP contribution < -0.4 is 5.32 Å². The van der Waals surface area contributed by atoms with Crippen LogP contribution in [0.15, 0.2) is 30.3 Å². The third-order valence-corrected chi connectivity index (χ3v) is 3.75. The second-order valence-corrected chi connectivity index (χ2v) is 6.54. The zero-order valence-electron chi connectivity index (χ0n) is 13.6. The Balaban J connectivity index is 2.41. The van der Waals surface area contributed by atoms with Crippen LogP contribution in [0.3, 0.4) is 0 Å². The highest BCUT2D eigenvalue weighted by Crippen LogP contribution is 2.27. The largest absolute Gasteiger partial charge is 0.351 e. The van der Waals surface area contributed by atoms with E-state index in [1.165, 1.54) is 30.3 Å². The monoisotopic (exact) mass is 323 g/mol. The molecule has 2 aromatic rings. The second kappa shape index (κ2) is 6.56. The molecule has 1 aromatic heterocycles. The summed E-state index contributed by atoms with van der Waals surface area (Å²) < 4.78 is 39.2. The van der Waals surface area contributed by atoms with Gasteiger partial charge in [-0.05, 0) is 42.7 Å². The van der Waals surface area contributed by atoms with Crippen LogP contribution in [-0.4, -0.2) is 16.0 Å². The molecule has 124 valence electrons. The van der Waals surface area contributed by atoms with Gasteiger partial charge in [0.05, 0.1) is 5.69 Å². The topological polar surface area (TPSA) is 37.8 Å². The molecule has 3 nitrogen and oxygen atoms in total. The molecular weight excluding hydrogens is 303 g/mol. The standard InChI is InChI=1S/C17H20F3N3/c1-10(17(2,3)4)21-16-22-13(9-14(23-16)15(19)20)11-5-7-12(18)8-6-11/h5-10,15H,1-4H3,(H,21,22,23)/t10-/m1/s1. The molecule has 0 radical (unpaired) electrons. The summed E-state index contributed by atoms with van der Waals surface area (Å²) in [4.78, 5) is 8.17. The lowest BCUT2D eigenvalue weighted by atomic mass is 9.88. The highest BCUT2D eigenvalue weighted by molar-refractivity contribution is 5.61. The van der Waals surface area contributed by atoms with Crippen molar-refractivity contribution < 1.29 is 13.2 Å². The average Bonchev–Trinajstić information content (AvgIpc) is 2.46. The maximum Gasteiger partial charge on any atom is 0.280 e. The number of halogens is 3. The van der Waals surface area contributed by atoms with Gasteiger partial charge in [0.2, 0.25) is 5.95 Å². The summed E-state index contributed by atoms with van der Waals surface area (Å²) in [6, 6.07) is 6.75. The minimum Gasteiger partial charge on any atom is -0.351 e. The van der Waals surface area contributed by atoms with Gasteiger partial charge in [-0.1, -0.05) is 20.8 Å². The lowest BCUT2D eigenvalue weighted by Crippen LogP contribution is -2.31. The predicted molar refractivity (Wildman–Crippen MR) is 84.9 cm³/mol. The molecule has 1 aromatic carbocycles. The number of nitrogens with one attached hydrogen (secondary N) is 1. The smallest absolute Gasteiger partial charge is 0.280 e. The van der Waals surface area contributed by atoms with Crippen molar-refractivity contribution in [1.29, 1.82) is 0 Å². The molecular formula is C17H20F3N3. The summed E-state index contributed by atoms with van der Waals surface area (Å²) in [5, 5.41) is 3.07. The van der Waals surface area contributed by atoms with Gasteiger partial charge >= 0.3 is 0 Å². The Morgan fingerprint density at radius 3 is 2.17 bits per heavy atom. The number of anilines is 1. The Kier molecular flexibility index (Phi) is 4.92. The van der Waals surface area contributed by atoms with Crippen LogP contribution in [0.5, 0.6) is 0 Å². The first-order chi connectivity index (χ1) is 10.7. The molecule has 23 heavy (non-hydrogen) atoms. The summed E-state index contributed by atoms with van der Waals surface area (Å²) in [7, 11) is 0. The van der Waals surface area contributed by atoms with E-state index >= 15 is 0 Å². The van der Waals surface area contributed by atoms with E-state index in [1.54, 1.807) is 0 Å². The summed E-state index contributed by atoms with van der Waals surface area (Å²) in [6.45, 7) is 8.03. The number of hydrogen-bond donors (Lipinski definition) is 1. The van der Waals surface area contributed by atoms with Crippen molar-refractivity contribution in [2.75, 3.05) is 5.32 Å². The zero-order valence-corrected chi connectivity index (χ0v) is 13.6. The van der Waals surface area contributed by atoms with Crippen molar-refractivity contribution in [2.45, 2.75) is 40.2 Å². The van der Waals surface area contributed by atoms with Gasteiger partial charge in [0.15, 0.2) is 0 Å². The van der Waals surface area contributed by atoms with E-state index in [-0.39, 0.29) is 23.1 Å². The third-order valence-electron chi connectivity index (χ3n) is 3.75. The highest BCUT2D eigenvalue weighted by Gasteiger charge is 2.22. The van der Waals surface area contributed by atoms with Crippen LogP contribution >= 0.6 is 0 Å². The number of benzene rings is 1. The summed E-state index contributed by atoms with van der Waals surface area (Å²) in [5.41, 5.74) is 0.448. The fraction of sp³-hybridized carbons (Fsp3) is 0.412. The minimum absolute atomic E-state index is 0.0171. The Bertz CT molecular complexity index is 664.